The number of nitrogens with zero attached hydrogens (tertiary/aromatic N) is 1. The Balaban J connectivity index is 1.95. The van der Waals surface area contributed by atoms with E-state index in [-0.39, 0.29) is 17.6 Å². The van der Waals surface area contributed by atoms with E-state index in [0.29, 0.717) is 0 Å². The van der Waals surface area contributed by atoms with E-state index >= 15 is 0 Å². The van der Waals surface area contributed by atoms with Gasteiger partial charge in [-0.05, 0) is 31.6 Å². The van der Waals surface area contributed by atoms with Gasteiger partial charge in [-0.1, -0.05) is 18.2 Å². The second-order valence-corrected chi connectivity index (χ2v) is 6.52. The van der Waals surface area contributed by atoms with E-state index in [1.807, 2.05) is 6.07 Å². The van der Waals surface area contributed by atoms with Gasteiger partial charge < -0.3 is 20.1 Å². The van der Waals surface area contributed by atoms with Gasteiger partial charge >= 0.3 is 0 Å². The third-order valence-corrected chi connectivity index (χ3v) is 5.20. The molecule has 1 aromatic rings. The number of ether oxygens (including phenoxy) is 2. The van der Waals surface area contributed by atoms with Gasteiger partial charge in [0.05, 0.1) is 12.5 Å². The highest BCUT2D eigenvalue weighted by molar-refractivity contribution is 5.61. The van der Waals surface area contributed by atoms with Gasteiger partial charge in [0, 0.05) is 24.6 Å². The average molecular weight is 286 g/mol. The Bertz CT molecular complexity index is 613. The molecule has 0 radical (unpaired) electrons. The number of rotatable bonds is 1. The predicted molar refractivity (Wildman–Crippen MR) is 81.8 cm³/mol. The summed E-state index contributed by atoms with van der Waals surface area (Å²) in [5.41, 5.74) is 8.78. The molecule has 21 heavy (non-hydrogen) atoms. The molecule has 3 unspecified atom stereocenters. The van der Waals surface area contributed by atoms with Crippen LogP contribution in [0.4, 0.5) is 0 Å². The monoisotopic (exact) mass is 286 g/mol. The van der Waals surface area contributed by atoms with Crippen molar-refractivity contribution in [1.82, 2.24) is 4.90 Å². The van der Waals surface area contributed by atoms with E-state index in [2.05, 4.69) is 30.2 Å². The molecule has 2 N–H and O–H groups in total. The third-order valence-electron chi connectivity index (χ3n) is 5.20. The topological polar surface area (TPSA) is 47.7 Å². The second-order valence-electron chi connectivity index (χ2n) is 6.52. The molecule has 4 heteroatoms. The lowest BCUT2D eigenvalue weighted by Gasteiger charge is -2.36. The molecular weight excluding hydrogens is 264 g/mol. The van der Waals surface area contributed by atoms with Crippen molar-refractivity contribution in [3.8, 4) is 11.5 Å². The van der Waals surface area contributed by atoms with Crippen molar-refractivity contribution in [3.05, 3.63) is 35.4 Å². The van der Waals surface area contributed by atoms with Crippen molar-refractivity contribution in [2.75, 3.05) is 20.7 Å². The lowest BCUT2D eigenvalue weighted by Crippen LogP contribution is -2.44. The predicted octanol–water partition coefficient (Wildman–Crippen LogP) is 1.82. The Labute approximate surface area is 125 Å². The summed E-state index contributed by atoms with van der Waals surface area (Å²) in [5.74, 6) is 1.78. The molecule has 0 saturated heterocycles. The fraction of sp³-hybridized carbons (Fsp3) is 0.529. The second kappa shape index (κ2) is 4.49. The zero-order chi connectivity index (χ0) is 14.6. The van der Waals surface area contributed by atoms with Crippen LogP contribution < -0.4 is 15.2 Å². The van der Waals surface area contributed by atoms with E-state index in [1.165, 1.54) is 11.1 Å². The minimum Gasteiger partial charge on any atom is -0.493 e. The first-order chi connectivity index (χ1) is 10.1. The van der Waals surface area contributed by atoms with E-state index < -0.39 is 0 Å². The van der Waals surface area contributed by atoms with Gasteiger partial charge in [-0.3, -0.25) is 0 Å². The summed E-state index contributed by atoms with van der Waals surface area (Å²) >= 11 is 0. The summed E-state index contributed by atoms with van der Waals surface area (Å²) in [5, 5.41) is 0. The van der Waals surface area contributed by atoms with E-state index in [4.69, 9.17) is 15.2 Å². The van der Waals surface area contributed by atoms with Crippen molar-refractivity contribution in [1.29, 1.82) is 0 Å². The van der Waals surface area contributed by atoms with Gasteiger partial charge in [-0.25, -0.2) is 0 Å². The van der Waals surface area contributed by atoms with Gasteiger partial charge in [0.15, 0.2) is 11.5 Å². The maximum Gasteiger partial charge on any atom is 0.166 e. The molecule has 4 rings (SSSR count). The van der Waals surface area contributed by atoms with Crippen LogP contribution in [-0.2, 0) is 12.0 Å². The maximum absolute atomic E-state index is 6.33. The minimum atomic E-state index is -0.0279. The highest BCUT2D eigenvalue weighted by Crippen LogP contribution is 2.55. The van der Waals surface area contributed by atoms with Crippen molar-refractivity contribution in [2.45, 2.75) is 36.9 Å². The molecule has 1 spiro atoms. The number of nitrogens with two attached hydrogens (primary N) is 1. The number of hydrogen-bond donors (Lipinski definition) is 1. The van der Waals surface area contributed by atoms with Gasteiger partial charge in [0.25, 0.3) is 0 Å². The molecule has 3 aliphatic rings. The molecule has 0 bridgehead atoms. The molecule has 1 aromatic carbocycles. The Kier molecular flexibility index (Phi) is 2.81. The minimum absolute atomic E-state index is 0.0279. The molecule has 0 aromatic heterocycles. The molecule has 0 amide bonds. The normalized spacial score (nSPS) is 33.9. The lowest BCUT2D eigenvalue weighted by molar-refractivity contribution is 0.134. The highest BCUT2D eigenvalue weighted by Gasteiger charge is 2.52. The molecule has 1 aliphatic carbocycles. The third kappa shape index (κ3) is 1.75. The standard InChI is InChI=1S/C17H22N2O2/c1-19-8-7-17-6-5-12(18)9-14(17)21-16-13(20-2)4-3-11(10-19)15(16)17/h3-6,12,14H,7-10,18H2,1-2H3. The zero-order valence-electron chi connectivity index (χ0n) is 12.6. The van der Waals surface area contributed by atoms with Crippen molar-refractivity contribution in [3.63, 3.8) is 0 Å². The average Bonchev–Trinajstić information content (AvgIpc) is 2.72. The van der Waals surface area contributed by atoms with Crippen molar-refractivity contribution < 1.29 is 9.47 Å². The van der Waals surface area contributed by atoms with Crippen LogP contribution in [0, 0.1) is 0 Å². The zero-order valence-corrected chi connectivity index (χ0v) is 12.6. The van der Waals surface area contributed by atoms with Crippen LogP contribution in [0.1, 0.15) is 24.0 Å². The van der Waals surface area contributed by atoms with Gasteiger partial charge in [-0.15, -0.1) is 0 Å². The van der Waals surface area contributed by atoms with Crippen LogP contribution in [0.25, 0.3) is 0 Å². The molecule has 0 fully saturated rings. The first-order valence-electron chi connectivity index (χ1n) is 7.64. The van der Waals surface area contributed by atoms with Crippen molar-refractivity contribution >= 4 is 0 Å². The first-order valence-corrected chi connectivity index (χ1v) is 7.64. The van der Waals surface area contributed by atoms with Crippen LogP contribution >= 0.6 is 0 Å². The smallest absolute Gasteiger partial charge is 0.166 e. The molecule has 2 heterocycles. The molecule has 112 valence electrons. The Morgan fingerprint density at radius 1 is 1.43 bits per heavy atom. The Hall–Kier alpha value is -1.52. The van der Waals surface area contributed by atoms with Crippen LogP contribution in [0.5, 0.6) is 11.5 Å². The summed E-state index contributed by atoms with van der Waals surface area (Å²) < 4.78 is 11.9. The SMILES string of the molecule is COc1ccc2c3c1OC1CC(N)C=CC31CCN(C)C2. The van der Waals surface area contributed by atoms with Crippen LogP contribution in [0.15, 0.2) is 24.3 Å². The summed E-state index contributed by atoms with van der Waals surface area (Å²) in [6.07, 6.45) is 6.54. The number of hydrogen-bond acceptors (Lipinski definition) is 4. The van der Waals surface area contributed by atoms with E-state index in [1.54, 1.807) is 7.11 Å². The van der Waals surface area contributed by atoms with E-state index in [0.717, 1.165) is 37.4 Å². The molecule has 4 nitrogen and oxygen atoms in total. The molecule has 0 saturated carbocycles. The van der Waals surface area contributed by atoms with Gasteiger partial charge in [-0.2, -0.15) is 0 Å². The Morgan fingerprint density at radius 2 is 2.29 bits per heavy atom. The number of benzene rings is 1. The fourth-order valence-electron chi connectivity index (χ4n) is 4.12. The van der Waals surface area contributed by atoms with Gasteiger partial charge in [0.2, 0.25) is 0 Å². The molecule has 3 atom stereocenters. The van der Waals surface area contributed by atoms with Crippen LogP contribution in [0.3, 0.4) is 0 Å². The van der Waals surface area contributed by atoms with Crippen molar-refractivity contribution in [2.24, 2.45) is 5.73 Å². The Morgan fingerprint density at radius 3 is 3.10 bits per heavy atom. The summed E-state index contributed by atoms with van der Waals surface area (Å²) in [7, 11) is 3.89. The van der Waals surface area contributed by atoms with Gasteiger partial charge in [0.1, 0.15) is 6.10 Å². The van der Waals surface area contributed by atoms with E-state index in [9.17, 15) is 0 Å². The fourth-order valence-corrected chi connectivity index (χ4v) is 4.12. The number of methoxy groups -OCH3 is 1. The summed E-state index contributed by atoms with van der Waals surface area (Å²) in [6, 6.07) is 4.31. The lowest BCUT2D eigenvalue weighted by atomic mass is 9.69. The summed E-state index contributed by atoms with van der Waals surface area (Å²) in [4.78, 5) is 2.38. The first kappa shape index (κ1) is 13.2. The van der Waals surface area contributed by atoms with Crippen LogP contribution in [-0.4, -0.2) is 37.7 Å². The highest BCUT2D eigenvalue weighted by atomic mass is 16.5. The quantitative estimate of drug-likeness (QED) is 0.800. The summed E-state index contributed by atoms with van der Waals surface area (Å²) in [6.45, 7) is 2.03. The van der Waals surface area contributed by atoms with Crippen LogP contribution in [0.2, 0.25) is 0 Å². The largest absolute Gasteiger partial charge is 0.493 e. The molecule has 2 aliphatic heterocycles. The molecular formula is C17H22N2O2. The maximum atomic E-state index is 6.33.